The molecule has 1 fully saturated rings. The van der Waals surface area contributed by atoms with E-state index in [4.69, 9.17) is 9.93 Å². The molecule has 1 aromatic heterocycles. The molecule has 6 heteroatoms. The van der Waals surface area contributed by atoms with E-state index in [1.165, 1.54) is 32.1 Å². The summed E-state index contributed by atoms with van der Waals surface area (Å²) in [5, 5.41) is 13.6. The van der Waals surface area contributed by atoms with Crippen LogP contribution in [0.1, 0.15) is 52.9 Å². The first-order chi connectivity index (χ1) is 7.98. The summed E-state index contributed by atoms with van der Waals surface area (Å²) in [6, 6.07) is 0.498. The summed E-state index contributed by atoms with van der Waals surface area (Å²) in [5.74, 6) is 0. The molecule has 1 aliphatic rings. The highest BCUT2D eigenvalue weighted by molar-refractivity contribution is 5.85. The summed E-state index contributed by atoms with van der Waals surface area (Å²) in [6.07, 6.45) is 7.93. The molecule has 0 bridgehead atoms. The summed E-state index contributed by atoms with van der Waals surface area (Å²) in [5.41, 5.74) is 0.0887. The molecule has 18 heavy (non-hydrogen) atoms. The van der Waals surface area contributed by atoms with Gasteiger partial charge in [0.15, 0.2) is 0 Å². The van der Waals surface area contributed by atoms with Crippen molar-refractivity contribution in [3.8, 4) is 0 Å². The summed E-state index contributed by atoms with van der Waals surface area (Å²) < 4.78 is 4.87. The van der Waals surface area contributed by atoms with Gasteiger partial charge in [0.2, 0.25) is 0 Å². The lowest BCUT2D eigenvalue weighted by molar-refractivity contribution is -0.774. The van der Waals surface area contributed by atoms with Gasteiger partial charge in [-0.25, -0.2) is 0 Å². The third-order valence-corrected chi connectivity index (χ3v) is 3.28. The zero-order valence-electron chi connectivity index (χ0n) is 11.3. The van der Waals surface area contributed by atoms with Gasteiger partial charge < -0.3 is 4.52 Å². The Morgan fingerprint density at radius 3 is 2.39 bits per heavy atom. The minimum Gasteiger partial charge on any atom is -0.380 e. The van der Waals surface area contributed by atoms with Crippen LogP contribution in [0.3, 0.4) is 0 Å². The molecule has 0 aromatic carbocycles. The van der Waals surface area contributed by atoms with E-state index in [0.29, 0.717) is 6.04 Å². The van der Waals surface area contributed by atoms with Gasteiger partial charge in [0.25, 0.3) is 11.8 Å². The lowest BCUT2D eigenvalue weighted by Crippen LogP contribution is -2.71. The Balaban J connectivity index is 0.00000162. The van der Waals surface area contributed by atoms with Crippen LogP contribution < -0.4 is 20.6 Å². The van der Waals surface area contributed by atoms with E-state index in [0.717, 1.165) is 0 Å². The maximum atomic E-state index is 7.45. The number of hydrogen-bond acceptors (Lipinski definition) is 3. The Kier molecular flexibility index (Phi) is 4.85. The van der Waals surface area contributed by atoms with Crippen LogP contribution in [0.15, 0.2) is 10.7 Å². The number of nitrogens with zero attached hydrogens (tertiary/aromatic N) is 3. The highest BCUT2D eigenvalue weighted by atomic mass is 35.5. The van der Waals surface area contributed by atoms with Gasteiger partial charge in [0.1, 0.15) is 0 Å². The van der Waals surface area contributed by atoms with Crippen molar-refractivity contribution in [3.05, 3.63) is 11.8 Å². The first-order valence-electron chi connectivity index (χ1n) is 6.38. The molecule has 0 aliphatic heterocycles. The van der Waals surface area contributed by atoms with Crippen LogP contribution in [-0.4, -0.2) is 11.6 Å². The van der Waals surface area contributed by atoms with E-state index in [-0.39, 0.29) is 23.5 Å². The molecule has 0 saturated heterocycles. The Morgan fingerprint density at radius 1 is 1.33 bits per heavy atom. The SMILES string of the molecule is CC(C)(C)N(C1CCCCC1)[n+]1cc(=N)o[n-]1.Cl. The van der Waals surface area contributed by atoms with Crippen molar-refractivity contribution in [2.24, 2.45) is 0 Å². The van der Waals surface area contributed by atoms with Crippen LogP contribution in [0.2, 0.25) is 0 Å². The lowest BCUT2D eigenvalue weighted by Gasteiger charge is -2.43. The quantitative estimate of drug-likeness (QED) is 0.832. The summed E-state index contributed by atoms with van der Waals surface area (Å²) in [6.45, 7) is 6.52. The van der Waals surface area contributed by atoms with E-state index >= 15 is 0 Å². The predicted molar refractivity (Wildman–Crippen MR) is 70.2 cm³/mol. The van der Waals surface area contributed by atoms with Gasteiger partial charge in [-0.05, 0) is 18.1 Å². The van der Waals surface area contributed by atoms with Crippen LogP contribution in [-0.2, 0) is 0 Å². The molecule has 2 rings (SSSR count). The zero-order valence-corrected chi connectivity index (χ0v) is 12.2. The fourth-order valence-electron chi connectivity index (χ4n) is 2.69. The van der Waals surface area contributed by atoms with E-state index in [2.05, 4.69) is 31.1 Å². The zero-order chi connectivity index (χ0) is 12.5. The van der Waals surface area contributed by atoms with E-state index in [1.54, 1.807) is 11.0 Å². The minimum absolute atomic E-state index is 0. The summed E-state index contributed by atoms with van der Waals surface area (Å²) >= 11 is 0. The molecule has 1 heterocycles. The molecule has 1 saturated carbocycles. The van der Waals surface area contributed by atoms with Gasteiger partial charge in [-0.1, -0.05) is 44.8 Å². The molecule has 0 atom stereocenters. The van der Waals surface area contributed by atoms with E-state index < -0.39 is 0 Å². The highest BCUT2D eigenvalue weighted by Crippen LogP contribution is 2.24. The van der Waals surface area contributed by atoms with Crippen molar-refractivity contribution in [1.29, 1.82) is 5.41 Å². The molecule has 104 valence electrons. The third kappa shape index (κ3) is 3.28. The van der Waals surface area contributed by atoms with Gasteiger partial charge in [-0.3, -0.25) is 10.4 Å². The Labute approximate surface area is 114 Å². The molecule has 0 amide bonds. The van der Waals surface area contributed by atoms with E-state index in [9.17, 15) is 0 Å². The van der Waals surface area contributed by atoms with Crippen molar-refractivity contribution >= 4 is 12.4 Å². The normalized spacial score (nSPS) is 17.3. The lowest BCUT2D eigenvalue weighted by atomic mass is 9.92. The number of aromatic nitrogens is 2. The van der Waals surface area contributed by atoms with Gasteiger partial charge in [-0.15, -0.1) is 12.4 Å². The van der Waals surface area contributed by atoms with Crippen LogP contribution in [0, 0.1) is 5.41 Å². The van der Waals surface area contributed by atoms with Crippen molar-refractivity contribution in [3.63, 3.8) is 0 Å². The number of hydrogen-bond donors (Lipinski definition) is 1. The maximum absolute atomic E-state index is 7.45. The minimum atomic E-state index is -0.0179. The number of rotatable bonds is 2. The second-order valence-corrected chi connectivity index (χ2v) is 5.79. The molecular formula is C12H23ClN4O. The van der Waals surface area contributed by atoms with Crippen LogP contribution in [0.4, 0.5) is 0 Å². The fraction of sp³-hybridized carbons (Fsp3) is 0.833. The molecule has 5 nitrogen and oxygen atoms in total. The predicted octanol–water partition coefficient (Wildman–Crippen LogP) is 1.49. The largest absolute Gasteiger partial charge is 0.380 e. The van der Waals surface area contributed by atoms with Crippen molar-refractivity contribution in [1.82, 2.24) is 5.27 Å². The molecule has 0 unspecified atom stereocenters. The first-order valence-corrected chi connectivity index (χ1v) is 6.38. The average molecular weight is 275 g/mol. The smallest absolute Gasteiger partial charge is 0.286 e. The Hall–Kier alpha value is -0.970. The average Bonchev–Trinajstić information content (AvgIpc) is 2.64. The second-order valence-electron chi connectivity index (χ2n) is 5.79. The standard InChI is InChI=1S/C12H22N4O.ClH/c1-12(2,3)16(10-7-5-4-6-8-10)15-9-11(13)17-14-15;/h9-10,13H,4-8H2,1-3H3;1H. The van der Waals surface area contributed by atoms with Crippen molar-refractivity contribution in [2.75, 3.05) is 5.01 Å². The van der Waals surface area contributed by atoms with Gasteiger partial charge in [0, 0.05) is 11.6 Å². The van der Waals surface area contributed by atoms with Crippen molar-refractivity contribution < 1.29 is 9.31 Å². The van der Waals surface area contributed by atoms with Crippen LogP contribution in [0.25, 0.3) is 0 Å². The maximum Gasteiger partial charge on any atom is 0.286 e. The van der Waals surface area contributed by atoms with Gasteiger partial charge >= 0.3 is 0 Å². The van der Waals surface area contributed by atoms with Crippen molar-refractivity contribution in [2.45, 2.75) is 64.5 Å². The molecule has 0 radical (unpaired) electrons. The second kappa shape index (κ2) is 5.78. The number of halogens is 1. The van der Waals surface area contributed by atoms with Gasteiger partial charge in [0.05, 0.1) is 0 Å². The first kappa shape index (κ1) is 15.1. The molecule has 1 aromatic rings. The van der Waals surface area contributed by atoms with E-state index in [1.807, 2.05) is 0 Å². The summed E-state index contributed by atoms with van der Waals surface area (Å²) in [4.78, 5) is 1.71. The number of nitrogens with one attached hydrogen (secondary N) is 1. The molecular weight excluding hydrogens is 252 g/mol. The van der Waals surface area contributed by atoms with Crippen LogP contribution >= 0.6 is 12.4 Å². The Morgan fingerprint density at radius 2 is 1.94 bits per heavy atom. The molecule has 1 aliphatic carbocycles. The topological polar surface area (TPSA) is 58.2 Å². The molecule has 1 N–H and O–H groups in total. The fourth-order valence-corrected chi connectivity index (χ4v) is 2.69. The highest BCUT2D eigenvalue weighted by Gasteiger charge is 2.30. The third-order valence-electron chi connectivity index (χ3n) is 3.28. The van der Waals surface area contributed by atoms with Gasteiger partial charge in [-0.2, -0.15) is 0 Å². The monoisotopic (exact) mass is 274 g/mol. The summed E-state index contributed by atoms with van der Waals surface area (Å²) in [7, 11) is 0. The molecule has 0 spiro atoms. The van der Waals surface area contributed by atoms with Crippen LogP contribution in [0.5, 0.6) is 0 Å². The Bertz CT molecular complexity index is 414.